The molecule has 0 radical (unpaired) electrons. The molecule has 0 bridgehead atoms. The first-order valence-electron chi connectivity index (χ1n) is 4.22. The number of amides is 1. The highest BCUT2D eigenvalue weighted by molar-refractivity contribution is 6.27. The zero-order valence-electron chi connectivity index (χ0n) is 6.83. The topological polar surface area (TPSA) is 29.5 Å². The summed E-state index contributed by atoms with van der Waals surface area (Å²) in [6.07, 6.45) is 0. The predicted octanol–water partition coefficient (Wildman–Crippen LogP) is 0.330. The van der Waals surface area contributed by atoms with Crippen molar-refractivity contribution >= 4 is 17.5 Å². The zero-order valence-corrected chi connectivity index (χ0v) is 7.59. The SMILES string of the molecule is O=C(CCl)N1CC2COCC2C1. The number of rotatable bonds is 1. The molecule has 0 aromatic rings. The van der Waals surface area contributed by atoms with Gasteiger partial charge < -0.3 is 9.64 Å². The van der Waals surface area contributed by atoms with E-state index in [9.17, 15) is 4.79 Å². The third kappa shape index (κ3) is 1.31. The van der Waals surface area contributed by atoms with Crippen LogP contribution < -0.4 is 0 Å². The molecule has 3 nitrogen and oxygen atoms in total. The quantitative estimate of drug-likeness (QED) is 0.557. The first kappa shape index (κ1) is 8.32. The number of halogens is 1. The molecule has 2 heterocycles. The van der Waals surface area contributed by atoms with E-state index in [1.807, 2.05) is 4.90 Å². The molecular weight excluding hydrogens is 178 g/mol. The number of carbonyl (C=O) groups is 1. The lowest BCUT2D eigenvalue weighted by Crippen LogP contribution is -2.31. The molecule has 68 valence electrons. The maximum atomic E-state index is 11.2. The van der Waals surface area contributed by atoms with Gasteiger partial charge in [-0.1, -0.05) is 0 Å². The van der Waals surface area contributed by atoms with Gasteiger partial charge in [0.25, 0.3) is 0 Å². The molecule has 0 aromatic carbocycles. The summed E-state index contributed by atoms with van der Waals surface area (Å²) in [5.41, 5.74) is 0. The summed E-state index contributed by atoms with van der Waals surface area (Å²) in [6, 6.07) is 0. The number of fused-ring (bicyclic) bond motifs is 1. The van der Waals surface area contributed by atoms with Crippen molar-refractivity contribution in [2.75, 3.05) is 32.2 Å². The number of alkyl halides is 1. The van der Waals surface area contributed by atoms with Gasteiger partial charge >= 0.3 is 0 Å². The van der Waals surface area contributed by atoms with Crippen LogP contribution in [0.3, 0.4) is 0 Å². The average molecular weight is 190 g/mol. The van der Waals surface area contributed by atoms with Gasteiger partial charge in [0, 0.05) is 24.9 Å². The molecule has 2 saturated heterocycles. The van der Waals surface area contributed by atoms with Crippen LogP contribution >= 0.6 is 11.6 Å². The van der Waals surface area contributed by atoms with Crippen molar-refractivity contribution in [1.82, 2.24) is 4.90 Å². The van der Waals surface area contributed by atoms with E-state index >= 15 is 0 Å². The highest BCUT2D eigenvalue weighted by Gasteiger charge is 2.38. The van der Waals surface area contributed by atoms with Gasteiger partial charge in [0.1, 0.15) is 5.88 Å². The first-order chi connectivity index (χ1) is 5.81. The number of hydrogen-bond acceptors (Lipinski definition) is 2. The summed E-state index contributed by atoms with van der Waals surface area (Å²) in [5.74, 6) is 1.31. The fraction of sp³-hybridized carbons (Fsp3) is 0.875. The van der Waals surface area contributed by atoms with Crippen molar-refractivity contribution in [2.45, 2.75) is 0 Å². The third-order valence-corrected chi connectivity index (χ3v) is 2.94. The van der Waals surface area contributed by atoms with Crippen molar-refractivity contribution in [3.05, 3.63) is 0 Å². The smallest absolute Gasteiger partial charge is 0.237 e. The molecule has 0 aromatic heterocycles. The second-order valence-electron chi connectivity index (χ2n) is 3.49. The number of ether oxygens (including phenoxy) is 1. The molecule has 0 N–H and O–H groups in total. The van der Waals surface area contributed by atoms with E-state index < -0.39 is 0 Å². The minimum Gasteiger partial charge on any atom is -0.381 e. The molecule has 2 unspecified atom stereocenters. The molecule has 1 amide bonds. The van der Waals surface area contributed by atoms with Crippen LogP contribution in [0.2, 0.25) is 0 Å². The van der Waals surface area contributed by atoms with E-state index in [1.165, 1.54) is 0 Å². The molecule has 2 aliphatic heterocycles. The maximum Gasteiger partial charge on any atom is 0.237 e. The highest BCUT2D eigenvalue weighted by atomic mass is 35.5. The van der Waals surface area contributed by atoms with Crippen molar-refractivity contribution in [2.24, 2.45) is 11.8 Å². The van der Waals surface area contributed by atoms with Crippen LogP contribution in [0.25, 0.3) is 0 Å². The fourth-order valence-corrected chi connectivity index (χ4v) is 2.14. The molecule has 0 saturated carbocycles. The Hall–Kier alpha value is -0.280. The summed E-state index contributed by atoms with van der Waals surface area (Å²) < 4.78 is 5.30. The summed E-state index contributed by atoms with van der Waals surface area (Å²) in [7, 11) is 0. The van der Waals surface area contributed by atoms with Crippen LogP contribution in [0.5, 0.6) is 0 Å². The van der Waals surface area contributed by atoms with Crippen LogP contribution in [-0.4, -0.2) is 43.0 Å². The lowest BCUT2D eigenvalue weighted by atomic mass is 10.0. The van der Waals surface area contributed by atoms with E-state index in [0.717, 1.165) is 26.3 Å². The average Bonchev–Trinajstić information content (AvgIpc) is 2.60. The minimum atomic E-state index is 0.0612. The minimum absolute atomic E-state index is 0.0612. The van der Waals surface area contributed by atoms with E-state index in [1.54, 1.807) is 0 Å². The molecule has 2 atom stereocenters. The molecule has 0 spiro atoms. The van der Waals surface area contributed by atoms with Gasteiger partial charge in [-0.15, -0.1) is 11.6 Å². The Kier molecular flexibility index (Phi) is 2.24. The zero-order chi connectivity index (χ0) is 8.55. The molecule has 2 rings (SSSR count). The molecule has 0 aliphatic carbocycles. The lowest BCUT2D eigenvalue weighted by Gasteiger charge is -2.15. The Morgan fingerprint density at radius 2 is 2.00 bits per heavy atom. The Labute approximate surface area is 76.6 Å². The largest absolute Gasteiger partial charge is 0.381 e. The Bertz CT molecular complexity index is 185. The molecule has 2 fully saturated rings. The van der Waals surface area contributed by atoms with E-state index in [0.29, 0.717) is 11.8 Å². The van der Waals surface area contributed by atoms with Gasteiger partial charge in [-0.25, -0.2) is 0 Å². The molecule has 4 heteroatoms. The summed E-state index contributed by atoms with van der Waals surface area (Å²) in [6.45, 7) is 3.32. The number of hydrogen-bond donors (Lipinski definition) is 0. The van der Waals surface area contributed by atoms with Crippen molar-refractivity contribution in [3.8, 4) is 0 Å². The van der Waals surface area contributed by atoms with E-state index in [-0.39, 0.29) is 11.8 Å². The van der Waals surface area contributed by atoms with Gasteiger partial charge in [-0.2, -0.15) is 0 Å². The first-order valence-corrected chi connectivity index (χ1v) is 4.76. The Morgan fingerprint density at radius 3 is 2.50 bits per heavy atom. The number of carbonyl (C=O) groups excluding carboxylic acids is 1. The lowest BCUT2D eigenvalue weighted by molar-refractivity contribution is -0.127. The third-order valence-electron chi connectivity index (χ3n) is 2.71. The second-order valence-corrected chi connectivity index (χ2v) is 3.76. The van der Waals surface area contributed by atoms with Crippen LogP contribution in [0, 0.1) is 11.8 Å². The van der Waals surface area contributed by atoms with Gasteiger partial charge in [-0.3, -0.25) is 4.79 Å². The molecule has 2 aliphatic rings. The van der Waals surface area contributed by atoms with Crippen LogP contribution in [0.15, 0.2) is 0 Å². The number of likely N-dealkylation sites (tertiary alicyclic amines) is 1. The molecule has 12 heavy (non-hydrogen) atoms. The van der Waals surface area contributed by atoms with Gasteiger partial charge in [0.2, 0.25) is 5.91 Å². The van der Waals surface area contributed by atoms with Gasteiger partial charge in [0.05, 0.1) is 13.2 Å². The monoisotopic (exact) mass is 189 g/mol. The molecular formula is C8H12ClNO2. The summed E-state index contributed by atoms with van der Waals surface area (Å²) >= 11 is 5.47. The van der Waals surface area contributed by atoms with E-state index in [4.69, 9.17) is 16.3 Å². The Morgan fingerprint density at radius 1 is 1.42 bits per heavy atom. The Balaban J connectivity index is 1.94. The van der Waals surface area contributed by atoms with E-state index in [2.05, 4.69) is 0 Å². The van der Waals surface area contributed by atoms with Crippen LogP contribution in [0.4, 0.5) is 0 Å². The maximum absolute atomic E-state index is 11.2. The summed E-state index contributed by atoms with van der Waals surface area (Å²) in [5, 5.41) is 0. The predicted molar refractivity (Wildman–Crippen MR) is 45.1 cm³/mol. The fourth-order valence-electron chi connectivity index (χ4n) is 1.98. The second kappa shape index (κ2) is 3.23. The van der Waals surface area contributed by atoms with Crippen molar-refractivity contribution in [3.63, 3.8) is 0 Å². The van der Waals surface area contributed by atoms with Crippen LogP contribution in [0.1, 0.15) is 0 Å². The van der Waals surface area contributed by atoms with Crippen molar-refractivity contribution in [1.29, 1.82) is 0 Å². The summed E-state index contributed by atoms with van der Waals surface area (Å²) in [4.78, 5) is 13.1. The highest BCUT2D eigenvalue weighted by Crippen LogP contribution is 2.28. The van der Waals surface area contributed by atoms with Gasteiger partial charge in [-0.05, 0) is 0 Å². The normalized spacial score (nSPS) is 33.9. The van der Waals surface area contributed by atoms with Crippen LogP contribution in [-0.2, 0) is 9.53 Å². The van der Waals surface area contributed by atoms with Gasteiger partial charge in [0.15, 0.2) is 0 Å². The number of nitrogens with zero attached hydrogens (tertiary/aromatic N) is 1. The standard InChI is InChI=1S/C8H12ClNO2/c9-1-8(11)10-2-6-4-12-5-7(6)3-10/h6-7H,1-5H2. The van der Waals surface area contributed by atoms with Crippen molar-refractivity contribution < 1.29 is 9.53 Å².